The normalized spacial score (nSPS) is 12.3. The molecular formula is C16H14Br3FO. The number of hydrogen-bond acceptors (Lipinski definition) is 1. The Labute approximate surface area is 149 Å². The number of alkyl halides is 1. The second-order valence-electron chi connectivity index (χ2n) is 4.78. The van der Waals surface area contributed by atoms with Gasteiger partial charge < -0.3 is 4.74 Å². The summed E-state index contributed by atoms with van der Waals surface area (Å²) in [6.07, 6.45) is 0. The predicted octanol–water partition coefficient (Wildman–Crippen LogP) is 6.46. The first-order chi connectivity index (χ1) is 9.86. The highest BCUT2D eigenvalue weighted by molar-refractivity contribution is 9.11. The molecule has 2 rings (SSSR count). The van der Waals surface area contributed by atoms with Crippen LogP contribution in [0.4, 0.5) is 4.39 Å². The van der Waals surface area contributed by atoms with Crippen LogP contribution in [0, 0.1) is 19.7 Å². The standard InChI is InChI=1S/C16H14Br3FO/c1-8-6-12(18)9(2)14(16(8)21-3)15(19)10-4-5-11(17)13(20)7-10/h4-7,15H,1-3H3. The van der Waals surface area contributed by atoms with Crippen LogP contribution in [0.5, 0.6) is 5.75 Å². The molecule has 1 nitrogen and oxygen atoms in total. The van der Waals surface area contributed by atoms with Gasteiger partial charge in [0.05, 0.1) is 16.4 Å². The van der Waals surface area contributed by atoms with Gasteiger partial charge in [0.25, 0.3) is 0 Å². The molecule has 112 valence electrons. The lowest BCUT2D eigenvalue weighted by molar-refractivity contribution is 0.406. The number of aryl methyl sites for hydroxylation is 1. The molecule has 21 heavy (non-hydrogen) atoms. The molecule has 0 spiro atoms. The van der Waals surface area contributed by atoms with Crippen molar-refractivity contribution in [2.24, 2.45) is 0 Å². The zero-order chi connectivity index (χ0) is 15.7. The van der Waals surface area contributed by atoms with Crippen LogP contribution in [0.2, 0.25) is 0 Å². The Hall–Kier alpha value is -0.390. The first kappa shape index (κ1) is 17.0. The lowest BCUT2D eigenvalue weighted by Crippen LogP contribution is -2.03. The van der Waals surface area contributed by atoms with Crippen molar-refractivity contribution in [1.82, 2.24) is 0 Å². The molecule has 0 saturated carbocycles. The molecule has 2 aromatic carbocycles. The van der Waals surface area contributed by atoms with Gasteiger partial charge in [0.15, 0.2) is 0 Å². The van der Waals surface area contributed by atoms with E-state index in [1.165, 1.54) is 6.07 Å². The van der Waals surface area contributed by atoms with Crippen LogP contribution < -0.4 is 4.74 Å². The van der Waals surface area contributed by atoms with E-state index in [9.17, 15) is 4.39 Å². The van der Waals surface area contributed by atoms with Gasteiger partial charge >= 0.3 is 0 Å². The Morgan fingerprint density at radius 3 is 2.33 bits per heavy atom. The average Bonchev–Trinajstić information content (AvgIpc) is 2.44. The van der Waals surface area contributed by atoms with Crippen molar-refractivity contribution >= 4 is 47.8 Å². The molecular weight excluding hydrogens is 467 g/mol. The quantitative estimate of drug-likeness (QED) is 0.458. The molecule has 0 aromatic heterocycles. The van der Waals surface area contributed by atoms with Gasteiger partial charge in [-0.05, 0) is 64.7 Å². The maximum atomic E-state index is 13.8. The number of ether oxygens (including phenoxy) is 1. The third-order valence-corrected chi connectivity index (χ3v) is 5.86. The molecule has 0 N–H and O–H groups in total. The largest absolute Gasteiger partial charge is 0.496 e. The van der Waals surface area contributed by atoms with Gasteiger partial charge in [-0.15, -0.1) is 0 Å². The Balaban J connectivity index is 2.62. The molecule has 0 aliphatic rings. The zero-order valence-electron chi connectivity index (χ0n) is 11.8. The van der Waals surface area contributed by atoms with E-state index in [0.717, 1.165) is 32.5 Å². The maximum absolute atomic E-state index is 13.8. The third kappa shape index (κ3) is 3.35. The first-order valence-electron chi connectivity index (χ1n) is 6.29. The van der Waals surface area contributed by atoms with Crippen LogP contribution in [0.15, 0.2) is 33.2 Å². The highest BCUT2D eigenvalue weighted by Gasteiger charge is 2.22. The summed E-state index contributed by atoms with van der Waals surface area (Å²) in [7, 11) is 1.65. The Morgan fingerprint density at radius 2 is 1.76 bits per heavy atom. The maximum Gasteiger partial charge on any atom is 0.137 e. The molecule has 0 heterocycles. The van der Waals surface area contributed by atoms with Crippen molar-refractivity contribution in [2.75, 3.05) is 7.11 Å². The Kier molecular flexibility index (Phi) is 5.49. The van der Waals surface area contributed by atoms with Gasteiger partial charge in [0, 0.05) is 10.0 Å². The molecule has 1 atom stereocenters. The minimum absolute atomic E-state index is 0.147. The molecule has 0 radical (unpaired) electrons. The molecule has 0 amide bonds. The molecule has 0 saturated heterocycles. The molecule has 1 unspecified atom stereocenters. The average molecular weight is 481 g/mol. The van der Waals surface area contributed by atoms with E-state index in [4.69, 9.17) is 4.74 Å². The molecule has 2 aromatic rings. The molecule has 0 bridgehead atoms. The Bertz CT molecular complexity index is 686. The van der Waals surface area contributed by atoms with Crippen molar-refractivity contribution in [3.8, 4) is 5.75 Å². The highest BCUT2D eigenvalue weighted by atomic mass is 79.9. The summed E-state index contributed by atoms with van der Waals surface area (Å²) in [5.41, 5.74) is 3.95. The van der Waals surface area contributed by atoms with Crippen molar-refractivity contribution < 1.29 is 9.13 Å². The van der Waals surface area contributed by atoms with Crippen molar-refractivity contribution in [3.05, 3.63) is 61.3 Å². The summed E-state index contributed by atoms with van der Waals surface area (Å²) in [5.74, 6) is 0.543. The minimum atomic E-state index is -0.278. The van der Waals surface area contributed by atoms with Crippen LogP contribution in [0.25, 0.3) is 0 Å². The van der Waals surface area contributed by atoms with Crippen LogP contribution in [-0.4, -0.2) is 7.11 Å². The lowest BCUT2D eigenvalue weighted by atomic mass is 9.97. The molecule has 0 aliphatic heterocycles. The first-order valence-corrected chi connectivity index (χ1v) is 8.79. The van der Waals surface area contributed by atoms with Crippen LogP contribution in [0.3, 0.4) is 0 Å². The molecule has 5 heteroatoms. The second kappa shape index (κ2) is 6.80. The van der Waals surface area contributed by atoms with Gasteiger partial charge in [-0.2, -0.15) is 0 Å². The highest BCUT2D eigenvalue weighted by Crippen LogP contribution is 2.43. The van der Waals surface area contributed by atoms with E-state index in [-0.39, 0.29) is 10.6 Å². The number of methoxy groups -OCH3 is 1. The lowest BCUT2D eigenvalue weighted by Gasteiger charge is -2.20. The smallest absolute Gasteiger partial charge is 0.137 e. The van der Waals surface area contributed by atoms with E-state index < -0.39 is 0 Å². The van der Waals surface area contributed by atoms with Crippen molar-refractivity contribution in [3.63, 3.8) is 0 Å². The number of benzene rings is 2. The zero-order valence-corrected chi connectivity index (χ0v) is 16.6. The van der Waals surface area contributed by atoms with Gasteiger partial charge in [0.2, 0.25) is 0 Å². The third-order valence-electron chi connectivity index (χ3n) is 3.40. The van der Waals surface area contributed by atoms with Crippen LogP contribution >= 0.6 is 47.8 Å². The summed E-state index contributed by atoms with van der Waals surface area (Å²) in [6.45, 7) is 4.01. The fourth-order valence-corrected chi connectivity index (χ4v) is 3.93. The van der Waals surface area contributed by atoms with Gasteiger partial charge in [0.1, 0.15) is 11.6 Å². The van der Waals surface area contributed by atoms with E-state index >= 15 is 0 Å². The van der Waals surface area contributed by atoms with E-state index in [1.54, 1.807) is 13.2 Å². The van der Waals surface area contributed by atoms with E-state index in [2.05, 4.69) is 47.8 Å². The fraction of sp³-hybridized carbons (Fsp3) is 0.250. The van der Waals surface area contributed by atoms with Gasteiger partial charge in [-0.25, -0.2) is 4.39 Å². The SMILES string of the molecule is COc1c(C)cc(Br)c(C)c1C(Br)c1ccc(Br)c(F)c1. The summed E-state index contributed by atoms with van der Waals surface area (Å²) in [6, 6.07) is 7.16. The summed E-state index contributed by atoms with van der Waals surface area (Å²) < 4.78 is 20.8. The Morgan fingerprint density at radius 1 is 1.10 bits per heavy atom. The number of hydrogen-bond donors (Lipinski definition) is 0. The van der Waals surface area contributed by atoms with Crippen LogP contribution in [0.1, 0.15) is 27.1 Å². The topological polar surface area (TPSA) is 9.23 Å². The minimum Gasteiger partial charge on any atom is -0.496 e. The monoisotopic (exact) mass is 478 g/mol. The number of halogens is 4. The van der Waals surface area contributed by atoms with E-state index in [0.29, 0.717) is 4.47 Å². The molecule has 0 fully saturated rings. The fourth-order valence-electron chi connectivity index (χ4n) is 2.29. The summed E-state index contributed by atoms with van der Waals surface area (Å²) >= 11 is 10.4. The summed E-state index contributed by atoms with van der Waals surface area (Å²) in [5, 5.41) is 0. The van der Waals surface area contributed by atoms with Crippen molar-refractivity contribution in [2.45, 2.75) is 18.7 Å². The van der Waals surface area contributed by atoms with Crippen molar-refractivity contribution in [1.29, 1.82) is 0 Å². The number of rotatable bonds is 3. The predicted molar refractivity (Wildman–Crippen MR) is 95.0 cm³/mol. The van der Waals surface area contributed by atoms with Gasteiger partial charge in [-0.3, -0.25) is 0 Å². The summed E-state index contributed by atoms with van der Waals surface area (Å²) in [4.78, 5) is -0.147. The van der Waals surface area contributed by atoms with E-state index in [1.807, 2.05) is 26.0 Å². The molecule has 0 aliphatic carbocycles. The van der Waals surface area contributed by atoms with Crippen LogP contribution in [-0.2, 0) is 0 Å². The van der Waals surface area contributed by atoms with Gasteiger partial charge in [-0.1, -0.05) is 37.9 Å². The second-order valence-corrected chi connectivity index (χ2v) is 7.41.